The number of imidazole rings is 1. The molecule has 0 fully saturated rings. The molecule has 0 aliphatic carbocycles. The van der Waals surface area contributed by atoms with Gasteiger partial charge in [-0.05, 0) is 13.8 Å². The topological polar surface area (TPSA) is 107 Å². The summed E-state index contributed by atoms with van der Waals surface area (Å²) in [6.45, 7) is 3.76. The molecule has 96 valence electrons. The van der Waals surface area contributed by atoms with Crippen LogP contribution in [0.5, 0.6) is 0 Å². The number of esters is 2. The molecule has 1 aromatic heterocycles. The lowest BCUT2D eigenvalue weighted by atomic mass is 10.4. The van der Waals surface area contributed by atoms with Crippen LogP contribution in [0.25, 0.3) is 0 Å². The van der Waals surface area contributed by atoms with Gasteiger partial charge in [-0.3, -0.25) is 0 Å². The molecule has 0 atom stereocenters. The summed E-state index contributed by atoms with van der Waals surface area (Å²) in [6.07, 6.45) is 0. The summed E-state index contributed by atoms with van der Waals surface area (Å²) in [6, 6.07) is 0. The SMILES string of the molecule is CCOC(=O)c1nc(N)c(C(=O)OCC)[nH]1.Cl. The number of carbonyl (C=O) groups is 2. The summed E-state index contributed by atoms with van der Waals surface area (Å²) >= 11 is 0. The number of aromatic nitrogens is 2. The fraction of sp³-hybridized carbons (Fsp3) is 0.444. The number of nitrogens with one attached hydrogen (secondary N) is 1. The Labute approximate surface area is 104 Å². The maximum absolute atomic E-state index is 11.3. The predicted molar refractivity (Wildman–Crippen MR) is 62.2 cm³/mol. The Kier molecular flexibility index (Phi) is 6.05. The minimum Gasteiger partial charge on any atom is -0.461 e. The van der Waals surface area contributed by atoms with Crippen molar-refractivity contribution < 1.29 is 19.1 Å². The highest BCUT2D eigenvalue weighted by Gasteiger charge is 2.20. The van der Waals surface area contributed by atoms with Crippen molar-refractivity contribution in [3.8, 4) is 0 Å². The number of H-pyrrole nitrogens is 1. The number of ether oxygens (including phenoxy) is 2. The number of halogens is 1. The zero-order chi connectivity index (χ0) is 12.1. The Morgan fingerprint density at radius 3 is 2.29 bits per heavy atom. The van der Waals surface area contributed by atoms with Gasteiger partial charge >= 0.3 is 11.9 Å². The molecule has 0 aromatic carbocycles. The van der Waals surface area contributed by atoms with Crippen LogP contribution in [0, 0.1) is 0 Å². The Bertz CT molecular complexity index is 405. The van der Waals surface area contributed by atoms with Crippen molar-refractivity contribution in [3.05, 3.63) is 11.5 Å². The summed E-state index contributed by atoms with van der Waals surface area (Å²) in [5.41, 5.74) is 5.42. The third-order valence-electron chi connectivity index (χ3n) is 1.68. The Balaban J connectivity index is 0.00000256. The lowest BCUT2D eigenvalue weighted by Crippen LogP contribution is -2.09. The van der Waals surface area contributed by atoms with Crippen molar-refractivity contribution in [2.24, 2.45) is 0 Å². The van der Waals surface area contributed by atoms with Gasteiger partial charge < -0.3 is 20.2 Å². The lowest BCUT2D eigenvalue weighted by molar-refractivity contribution is 0.0512. The van der Waals surface area contributed by atoms with Gasteiger partial charge in [0.1, 0.15) is 0 Å². The van der Waals surface area contributed by atoms with E-state index in [4.69, 9.17) is 15.2 Å². The number of anilines is 1. The second kappa shape index (κ2) is 6.74. The van der Waals surface area contributed by atoms with E-state index in [1.807, 2.05) is 0 Å². The molecular weight excluding hydrogens is 250 g/mol. The zero-order valence-electron chi connectivity index (χ0n) is 9.48. The highest BCUT2D eigenvalue weighted by Crippen LogP contribution is 2.10. The fourth-order valence-electron chi connectivity index (χ4n) is 1.04. The number of hydrogen-bond donors (Lipinski definition) is 2. The third kappa shape index (κ3) is 3.63. The first-order valence-electron chi connectivity index (χ1n) is 4.79. The summed E-state index contributed by atoms with van der Waals surface area (Å²) in [4.78, 5) is 28.7. The average molecular weight is 264 g/mol. The molecule has 0 saturated heterocycles. The minimum absolute atomic E-state index is 0. The van der Waals surface area contributed by atoms with Gasteiger partial charge in [-0.1, -0.05) is 0 Å². The fourth-order valence-corrected chi connectivity index (χ4v) is 1.04. The molecule has 0 amide bonds. The minimum atomic E-state index is -0.662. The number of aromatic amines is 1. The van der Waals surface area contributed by atoms with Gasteiger partial charge in [0.15, 0.2) is 11.5 Å². The largest absolute Gasteiger partial charge is 0.461 e. The highest BCUT2D eigenvalue weighted by molar-refractivity contribution is 5.95. The molecule has 17 heavy (non-hydrogen) atoms. The molecular formula is C9H14ClN3O4. The van der Waals surface area contributed by atoms with Gasteiger partial charge in [0.2, 0.25) is 5.82 Å². The van der Waals surface area contributed by atoms with Gasteiger partial charge in [0.05, 0.1) is 13.2 Å². The number of nitrogens with two attached hydrogens (primary N) is 1. The van der Waals surface area contributed by atoms with Crippen LogP contribution >= 0.6 is 12.4 Å². The number of nitrogens with zero attached hydrogens (tertiary/aromatic N) is 1. The Morgan fingerprint density at radius 2 is 1.76 bits per heavy atom. The Morgan fingerprint density at radius 1 is 1.24 bits per heavy atom. The molecule has 0 spiro atoms. The van der Waals surface area contributed by atoms with Crippen molar-refractivity contribution in [2.75, 3.05) is 18.9 Å². The molecule has 0 saturated carbocycles. The monoisotopic (exact) mass is 263 g/mol. The first kappa shape index (κ1) is 15.2. The van der Waals surface area contributed by atoms with Crippen molar-refractivity contribution in [3.63, 3.8) is 0 Å². The number of carbonyl (C=O) groups excluding carboxylic acids is 2. The quantitative estimate of drug-likeness (QED) is 0.777. The smallest absolute Gasteiger partial charge is 0.374 e. The highest BCUT2D eigenvalue weighted by atomic mass is 35.5. The second-order valence-electron chi connectivity index (χ2n) is 2.79. The van der Waals surface area contributed by atoms with Crippen LogP contribution in [0.1, 0.15) is 35.0 Å². The van der Waals surface area contributed by atoms with E-state index in [1.165, 1.54) is 0 Å². The maximum atomic E-state index is 11.3. The van der Waals surface area contributed by atoms with E-state index in [0.717, 1.165) is 0 Å². The first-order valence-corrected chi connectivity index (χ1v) is 4.79. The molecule has 0 radical (unpaired) electrons. The van der Waals surface area contributed by atoms with Crippen LogP contribution in [-0.2, 0) is 9.47 Å². The number of rotatable bonds is 4. The molecule has 1 aromatic rings. The molecule has 8 heteroatoms. The van der Waals surface area contributed by atoms with Gasteiger partial charge in [-0.25, -0.2) is 14.6 Å². The van der Waals surface area contributed by atoms with Crippen LogP contribution < -0.4 is 5.73 Å². The second-order valence-corrected chi connectivity index (χ2v) is 2.79. The molecule has 0 aliphatic heterocycles. The van der Waals surface area contributed by atoms with Crippen molar-refractivity contribution in [2.45, 2.75) is 13.8 Å². The first-order chi connectivity index (χ1) is 7.60. The van der Waals surface area contributed by atoms with Crippen LogP contribution in [0.3, 0.4) is 0 Å². The maximum Gasteiger partial charge on any atom is 0.374 e. The normalized spacial score (nSPS) is 9.29. The average Bonchev–Trinajstić information content (AvgIpc) is 2.61. The van der Waals surface area contributed by atoms with E-state index in [1.54, 1.807) is 13.8 Å². The summed E-state index contributed by atoms with van der Waals surface area (Å²) in [5, 5.41) is 0. The van der Waals surface area contributed by atoms with E-state index >= 15 is 0 Å². The third-order valence-corrected chi connectivity index (χ3v) is 1.68. The van der Waals surface area contributed by atoms with Crippen molar-refractivity contribution >= 4 is 30.2 Å². The molecule has 1 heterocycles. The van der Waals surface area contributed by atoms with Gasteiger partial charge in [-0.15, -0.1) is 12.4 Å². The molecule has 3 N–H and O–H groups in total. The lowest BCUT2D eigenvalue weighted by Gasteiger charge is -1.98. The van der Waals surface area contributed by atoms with Crippen LogP contribution in [0.4, 0.5) is 5.82 Å². The van der Waals surface area contributed by atoms with Crippen LogP contribution in [0.2, 0.25) is 0 Å². The van der Waals surface area contributed by atoms with E-state index < -0.39 is 11.9 Å². The predicted octanol–water partition coefficient (Wildman–Crippen LogP) is 0.767. The van der Waals surface area contributed by atoms with Crippen molar-refractivity contribution in [1.29, 1.82) is 0 Å². The standard InChI is InChI=1S/C9H13N3O4.ClH/c1-3-15-8(13)5-6(10)12-7(11-5)9(14)16-4-2;/h3-4,10H2,1-2H3,(H,11,12);1H. The molecule has 0 unspecified atom stereocenters. The Hall–Kier alpha value is -1.76. The van der Waals surface area contributed by atoms with E-state index in [0.29, 0.717) is 0 Å². The summed E-state index contributed by atoms with van der Waals surface area (Å²) in [5.74, 6) is -1.50. The summed E-state index contributed by atoms with van der Waals surface area (Å²) in [7, 11) is 0. The van der Waals surface area contributed by atoms with Gasteiger partial charge in [0.25, 0.3) is 0 Å². The van der Waals surface area contributed by atoms with Crippen molar-refractivity contribution in [1.82, 2.24) is 9.97 Å². The number of nitrogen functional groups attached to an aromatic ring is 1. The van der Waals surface area contributed by atoms with Crippen LogP contribution in [0.15, 0.2) is 0 Å². The molecule has 0 bridgehead atoms. The zero-order valence-corrected chi connectivity index (χ0v) is 10.3. The molecule has 0 aliphatic rings. The van der Waals surface area contributed by atoms with E-state index in [-0.39, 0.29) is 43.0 Å². The molecule has 7 nitrogen and oxygen atoms in total. The molecule has 1 rings (SSSR count). The van der Waals surface area contributed by atoms with E-state index in [9.17, 15) is 9.59 Å². The van der Waals surface area contributed by atoms with Gasteiger partial charge in [-0.2, -0.15) is 0 Å². The summed E-state index contributed by atoms with van der Waals surface area (Å²) < 4.78 is 9.42. The van der Waals surface area contributed by atoms with Gasteiger partial charge in [0, 0.05) is 0 Å². The van der Waals surface area contributed by atoms with Crippen LogP contribution in [-0.4, -0.2) is 35.1 Å². The number of hydrogen-bond acceptors (Lipinski definition) is 6. The van der Waals surface area contributed by atoms with E-state index in [2.05, 4.69) is 9.97 Å².